The molecule has 0 aliphatic heterocycles. The molecule has 0 aliphatic rings. The largest absolute Gasteiger partial charge is 0.465 e. The van der Waals surface area contributed by atoms with Crippen LogP contribution in [0, 0.1) is 5.82 Å². The summed E-state index contributed by atoms with van der Waals surface area (Å²) in [5, 5.41) is 2.46. The molecule has 0 atom stereocenters. The van der Waals surface area contributed by atoms with Gasteiger partial charge in [-0.2, -0.15) is 0 Å². The van der Waals surface area contributed by atoms with Gasteiger partial charge in [0, 0.05) is 5.02 Å². The fourth-order valence-electron chi connectivity index (χ4n) is 1.85. The molecule has 2 rings (SSSR count). The minimum atomic E-state index is -0.761. The van der Waals surface area contributed by atoms with Gasteiger partial charge in [-0.25, -0.2) is 14.0 Å². The standard InChI is InChI=1S/C17H13ClFNO5/c1-24-16(22)10-2-4-11(5-3-10)17(23)25-9-15(21)20-14-7-6-12(18)8-13(14)19/h2-8H,9H2,1H3,(H,20,21). The van der Waals surface area contributed by atoms with E-state index in [1.165, 1.54) is 43.5 Å². The molecule has 1 N–H and O–H groups in total. The predicted molar refractivity (Wildman–Crippen MR) is 88.1 cm³/mol. The molecule has 0 fully saturated rings. The zero-order valence-electron chi connectivity index (χ0n) is 13.0. The van der Waals surface area contributed by atoms with Crippen molar-refractivity contribution < 1.29 is 28.2 Å². The van der Waals surface area contributed by atoms with Gasteiger partial charge in [0.05, 0.1) is 23.9 Å². The van der Waals surface area contributed by atoms with Crippen LogP contribution in [0.5, 0.6) is 0 Å². The molecule has 0 heterocycles. The molecule has 0 saturated heterocycles. The van der Waals surface area contributed by atoms with Gasteiger partial charge < -0.3 is 14.8 Å². The highest BCUT2D eigenvalue weighted by molar-refractivity contribution is 6.30. The third-order valence-corrected chi connectivity index (χ3v) is 3.32. The van der Waals surface area contributed by atoms with Crippen molar-refractivity contribution in [3.05, 3.63) is 64.4 Å². The average molecular weight is 366 g/mol. The number of ether oxygens (including phenoxy) is 2. The molecule has 0 spiro atoms. The number of hydrogen-bond donors (Lipinski definition) is 1. The zero-order valence-corrected chi connectivity index (χ0v) is 13.8. The third-order valence-electron chi connectivity index (χ3n) is 3.08. The van der Waals surface area contributed by atoms with Gasteiger partial charge in [-0.15, -0.1) is 0 Å². The van der Waals surface area contributed by atoms with Gasteiger partial charge in [-0.1, -0.05) is 11.6 Å². The van der Waals surface area contributed by atoms with Crippen LogP contribution < -0.4 is 5.32 Å². The quantitative estimate of drug-likeness (QED) is 0.823. The first-order valence-electron chi connectivity index (χ1n) is 7.01. The number of benzene rings is 2. The second kappa shape index (κ2) is 8.25. The predicted octanol–water partition coefficient (Wildman–Crippen LogP) is 3.06. The molecule has 0 saturated carbocycles. The molecule has 0 aliphatic carbocycles. The first kappa shape index (κ1) is 18.4. The van der Waals surface area contributed by atoms with Crippen molar-refractivity contribution in [1.82, 2.24) is 0 Å². The SMILES string of the molecule is COC(=O)c1ccc(C(=O)OCC(=O)Nc2ccc(Cl)cc2F)cc1. The summed E-state index contributed by atoms with van der Waals surface area (Å²) < 4.78 is 22.9. The van der Waals surface area contributed by atoms with E-state index < -0.39 is 30.3 Å². The van der Waals surface area contributed by atoms with Crippen LogP contribution in [0.15, 0.2) is 42.5 Å². The Morgan fingerprint density at radius 3 is 2.20 bits per heavy atom. The highest BCUT2D eigenvalue weighted by atomic mass is 35.5. The van der Waals surface area contributed by atoms with Crippen molar-refractivity contribution in [3.8, 4) is 0 Å². The van der Waals surface area contributed by atoms with Crippen LogP contribution in [-0.4, -0.2) is 31.6 Å². The van der Waals surface area contributed by atoms with Gasteiger partial charge in [-0.3, -0.25) is 4.79 Å². The maximum atomic E-state index is 13.6. The van der Waals surface area contributed by atoms with E-state index in [1.807, 2.05) is 0 Å². The van der Waals surface area contributed by atoms with Crippen molar-refractivity contribution in [3.63, 3.8) is 0 Å². The highest BCUT2D eigenvalue weighted by Crippen LogP contribution is 2.18. The maximum absolute atomic E-state index is 13.6. The topological polar surface area (TPSA) is 81.7 Å². The van der Waals surface area contributed by atoms with Gasteiger partial charge in [0.2, 0.25) is 0 Å². The number of anilines is 1. The Kier molecular flexibility index (Phi) is 6.08. The highest BCUT2D eigenvalue weighted by Gasteiger charge is 2.13. The Balaban J connectivity index is 1.90. The van der Waals surface area contributed by atoms with Crippen LogP contribution in [-0.2, 0) is 14.3 Å². The summed E-state index contributed by atoms with van der Waals surface area (Å²) in [5.41, 5.74) is 0.348. The number of carbonyl (C=O) groups is 3. The van der Waals surface area contributed by atoms with Gasteiger partial charge in [0.15, 0.2) is 6.61 Å². The Morgan fingerprint density at radius 1 is 1.04 bits per heavy atom. The Hall–Kier alpha value is -2.93. The van der Waals surface area contributed by atoms with Crippen molar-refractivity contribution in [2.45, 2.75) is 0 Å². The zero-order chi connectivity index (χ0) is 18.4. The van der Waals surface area contributed by atoms with Gasteiger partial charge in [0.1, 0.15) is 5.82 Å². The van der Waals surface area contributed by atoms with Crippen LogP contribution in [0.2, 0.25) is 5.02 Å². The number of amides is 1. The molecule has 2 aromatic rings. The van der Waals surface area contributed by atoms with E-state index in [4.69, 9.17) is 16.3 Å². The minimum Gasteiger partial charge on any atom is -0.465 e. The van der Waals surface area contributed by atoms with Gasteiger partial charge in [0.25, 0.3) is 5.91 Å². The normalized spacial score (nSPS) is 10.0. The number of carbonyl (C=O) groups excluding carboxylic acids is 3. The first-order valence-corrected chi connectivity index (χ1v) is 7.39. The monoisotopic (exact) mass is 365 g/mol. The van der Waals surface area contributed by atoms with E-state index in [0.29, 0.717) is 0 Å². The summed E-state index contributed by atoms with van der Waals surface area (Å²) in [6.07, 6.45) is 0. The number of hydrogen-bond acceptors (Lipinski definition) is 5. The molecular weight excluding hydrogens is 353 g/mol. The molecular formula is C17H13ClFNO5. The molecule has 0 bridgehead atoms. The lowest BCUT2D eigenvalue weighted by molar-refractivity contribution is -0.119. The molecule has 8 heteroatoms. The lowest BCUT2D eigenvalue weighted by Gasteiger charge is -2.08. The van der Waals surface area contributed by atoms with E-state index in [1.54, 1.807) is 0 Å². The molecule has 1 amide bonds. The number of rotatable bonds is 5. The summed E-state index contributed by atoms with van der Waals surface area (Å²) in [6, 6.07) is 9.28. The molecule has 0 aromatic heterocycles. The summed E-state index contributed by atoms with van der Waals surface area (Å²) >= 11 is 5.61. The number of nitrogens with one attached hydrogen (secondary N) is 1. The van der Waals surface area contributed by atoms with Crippen LogP contribution in [0.3, 0.4) is 0 Å². The summed E-state index contributed by atoms with van der Waals surface area (Å²) in [6.45, 7) is -0.598. The van der Waals surface area contributed by atoms with Crippen molar-refractivity contribution in [2.75, 3.05) is 19.0 Å². The second-order valence-corrected chi connectivity index (χ2v) is 5.25. The Morgan fingerprint density at radius 2 is 1.64 bits per heavy atom. The lowest BCUT2D eigenvalue weighted by atomic mass is 10.1. The summed E-state index contributed by atoms with van der Waals surface area (Å²) in [5.74, 6) is -2.71. The van der Waals surface area contributed by atoms with Crippen LogP contribution in [0.25, 0.3) is 0 Å². The van der Waals surface area contributed by atoms with Gasteiger partial charge >= 0.3 is 11.9 Å². The molecule has 0 radical (unpaired) electrons. The van der Waals surface area contributed by atoms with E-state index >= 15 is 0 Å². The van der Waals surface area contributed by atoms with E-state index in [2.05, 4.69) is 10.1 Å². The van der Waals surface area contributed by atoms with Gasteiger partial charge in [-0.05, 0) is 42.5 Å². The molecule has 2 aromatic carbocycles. The van der Waals surface area contributed by atoms with E-state index in [9.17, 15) is 18.8 Å². The summed E-state index contributed by atoms with van der Waals surface area (Å²) in [7, 11) is 1.24. The number of halogens is 2. The Bertz CT molecular complexity index is 807. The molecule has 0 unspecified atom stereocenters. The van der Waals surface area contributed by atoms with Crippen LogP contribution in [0.1, 0.15) is 20.7 Å². The smallest absolute Gasteiger partial charge is 0.338 e. The van der Waals surface area contributed by atoms with E-state index in [-0.39, 0.29) is 21.8 Å². The Labute approximate surface area is 147 Å². The average Bonchev–Trinajstić information content (AvgIpc) is 2.61. The minimum absolute atomic E-state index is 0.0760. The van der Waals surface area contributed by atoms with E-state index in [0.717, 1.165) is 6.07 Å². The molecule has 130 valence electrons. The number of methoxy groups -OCH3 is 1. The second-order valence-electron chi connectivity index (χ2n) is 4.82. The third kappa shape index (κ3) is 5.02. The summed E-state index contributed by atoms with van der Waals surface area (Å²) in [4.78, 5) is 34.9. The molecule has 6 nitrogen and oxygen atoms in total. The molecule has 25 heavy (non-hydrogen) atoms. The van der Waals surface area contributed by atoms with Crippen LogP contribution >= 0.6 is 11.6 Å². The van der Waals surface area contributed by atoms with Crippen molar-refractivity contribution in [1.29, 1.82) is 0 Å². The fraction of sp³-hybridized carbons (Fsp3) is 0.118. The van der Waals surface area contributed by atoms with Crippen molar-refractivity contribution >= 4 is 35.1 Å². The van der Waals surface area contributed by atoms with Crippen LogP contribution in [0.4, 0.5) is 10.1 Å². The van der Waals surface area contributed by atoms with Crippen molar-refractivity contribution in [2.24, 2.45) is 0 Å². The fourth-order valence-corrected chi connectivity index (χ4v) is 2.01. The number of esters is 2. The maximum Gasteiger partial charge on any atom is 0.338 e. The lowest BCUT2D eigenvalue weighted by Crippen LogP contribution is -2.21. The first-order chi connectivity index (χ1) is 11.9.